The number of hydrogen-bond acceptors (Lipinski definition) is 6. The monoisotopic (exact) mass is 541 g/mol. The number of benzene rings is 3. The number of alkyl halides is 3. The molecule has 0 aromatic heterocycles. The zero-order valence-electron chi connectivity index (χ0n) is 20.0. The molecule has 1 fully saturated rings. The van der Waals surface area contributed by atoms with Crippen LogP contribution in [0.3, 0.4) is 0 Å². The molecule has 0 aliphatic carbocycles. The molecule has 0 unspecified atom stereocenters. The molecule has 1 saturated heterocycles. The molecule has 0 bridgehead atoms. The number of amides is 1. The molecule has 0 N–H and O–H groups in total. The van der Waals surface area contributed by atoms with E-state index in [1.165, 1.54) is 35.7 Å². The van der Waals surface area contributed by atoms with Gasteiger partial charge in [0, 0.05) is 24.6 Å². The summed E-state index contributed by atoms with van der Waals surface area (Å²) >= 11 is 2.66. The molecule has 2 heterocycles. The third kappa shape index (κ3) is 5.21. The zero-order valence-corrected chi connectivity index (χ0v) is 21.6. The minimum Gasteiger partial charge on any atom is -0.497 e. The Bertz CT molecular complexity index is 1410. The third-order valence-electron chi connectivity index (χ3n) is 5.96. The van der Waals surface area contributed by atoms with Crippen molar-refractivity contribution in [2.24, 2.45) is 4.99 Å². The lowest BCUT2D eigenvalue weighted by Crippen LogP contribution is -2.31. The largest absolute Gasteiger partial charge is 0.497 e. The van der Waals surface area contributed by atoms with Crippen LogP contribution in [0.4, 0.5) is 24.5 Å². The Balaban J connectivity index is 1.51. The van der Waals surface area contributed by atoms with Crippen molar-refractivity contribution in [3.8, 4) is 5.75 Å². The fourth-order valence-corrected chi connectivity index (χ4v) is 6.37. The number of thioether (sulfide) groups is 2. The molecule has 5 rings (SSSR count). The zero-order chi connectivity index (χ0) is 26.2. The maximum Gasteiger partial charge on any atom is 0.416 e. The number of nitrogens with zero attached hydrogens (tertiary/aromatic N) is 3. The van der Waals surface area contributed by atoms with Crippen molar-refractivity contribution in [3.63, 3.8) is 0 Å². The minimum absolute atomic E-state index is 0.140. The molecule has 5 nitrogen and oxygen atoms in total. The molecule has 3 aromatic carbocycles. The van der Waals surface area contributed by atoms with Crippen LogP contribution in [0.15, 0.2) is 92.6 Å². The Morgan fingerprint density at radius 1 is 0.973 bits per heavy atom. The van der Waals surface area contributed by atoms with Crippen LogP contribution in [-0.2, 0) is 17.4 Å². The lowest BCUT2D eigenvalue weighted by Gasteiger charge is -2.17. The number of carbonyl (C=O) groups is 1. The van der Waals surface area contributed by atoms with Crippen molar-refractivity contribution in [1.29, 1.82) is 0 Å². The summed E-state index contributed by atoms with van der Waals surface area (Å²) in [6.07, 6.45) is -3.90. The van der Waals surface area contributed by atoms with Gasteiger partial charge in [0.05, 0.1) is 29.1 Å². The molecule has 0 radical (unpaired) electrons. The molecule has 2 aliphatic heterocycles. The highest BCUT2D eigenvalue weighted by Gasteiger charge is 2.39. The summed E-state index contributed by atoms with van der Waals surface area (Å²) in [4.78, 5) is 23.1. The second-order valence-electron chi connectivity index (χ2n) is 8.37. The van der Waals surface area contributed by atoms with Crippen LogP contribution < -0.4 is 9.64 Å². The molecule has 0 saturated carbocycles. The number of ether oxygens (including phenoxy) is 1. The number of rotatable bonds is 5. The number of anilines is 1. The number of carbonyl (C=O) groups excluding carboxylic acids is 1. The van der Waals surface area contributed by atoms with E-state index in [-0.39, 0.29) is 11.6 Å². The van der Waals surface area contributed by atoms with Crippen LogP contribution in [0.25, 0.3) is 0 Å². The predicted octanol–water partition coefficient (Wildman–Crippen LogP) is 6.93. The summed E-state index contributed by atoms with van der Waals surface area (Å²) in [7, 11) is 3.48. The van der Waals surface area contributed by atoms with Gasteiger partial charge in [-0.3, -0.25) is 9.69 Å². The first-order valence-electron chi connectivity index (χ1n) is 11.4. The van der Waals surface area contributed by atoms with Gasteiger partial charge in [-0.15, -0.1) is 0 Å². The van der Waals surface area contributed by atoms with Crippen molar-refractivity contribution in [2.75, 3.05) is 25.6 Å². The molecule has 10 heteroatoms. The van der Waals surface area contributed by atoms with Crippen LogP contribution in [-0.4, -0.2) is 36.7 Å². The van der Waals surface area contributed by atoms with Crippen LogP contribution in [0, 0.1) is 0 Å². The third-order valence-corrected chi connectivity index (χ3v) is 8.39. The van der Waals surface area contributed by atoms with Gasteiger partial charge < -0.3 is 9.64 Å². The van der Waals surface area contributed by atoms with E-state index >= 15 is 0 Å². The summed E-state index contributed by atoms with van der Waals surface area (Å²) in [5.74, 6) is 0.486. The fourth-order valence-electron chi connectivity index (χ4n) is 4.02. The van der Waals surface area contributed by atoms with Crippen molar-refractivity contribution in [3.05, 3.63) is 93.9 Å². The smallest absolute Gasteiger partial charge is 0.416 e. The maximum atomic E-state index is 13.7. The van der Waals surface area contributed by atoms with E-state index in [1.807, 2.05) is 60.5 Å². The number of halogens is 3. The SMILES string of the molecule is COc1ccc2c(c1)N(C)C(=C1SC(=Nc3cccc(C(F)(F)F)c3)N(CCc3ccccc3)C1=O)S2. The van der Waals surface area contributed by atoms with Crippen LogP contribution in [0.1, 0.15) is 11.1 Å². The van der Waals surface area contributed by atoms with Gasteiger partial charge in [-0.05, 0) is 54.1 Å². The molecule has 190 valence electrons. The number of fused-ring (bicyclic) bond motifs is 1. The predicted molar refractivity (Wildman–Crippen MR) is 142 cm³/mol. The van der Waals surface area contributed by atoms with E-state index < -0.39 is 11.7 Å². The fraction of sp³-hybridized carbons (Fsp3) is 0.185. The van der Waals surface area contributed by atoms with Gasteiger partial charge in [0.2, 0.25) is 0 Å². The lowest BCUT2D eigenvalue weighted by atomic mass is 10.1. The number of methoxy groups -OCH3 is 1. The molecule has 37 heavy (non-hydrogen) atoms. The first-order chi connectivity index (χ1) is 17.7. The highest BCUT2D eigenvalue weighted by molar-refractivity contribution is 8.19. The van der Waals surface area contributed by atoms with Gasteiger partial charge in [-0.1, -0.05) is 48.2 Å². The molecule has 3 aromatic rings. The standard InChI is InChI=1S/C27H22F3N3O2S2/c1-32-21-16-20(35-2)11-12-22(21)36-25(32)23-24(34)33(14-13-17-7-4-3-5-8-17)26(37-23)31-19-10-6-9-18(15-19)27(28,29)30/h3-12,15-16H,13-14H2,1-2H3. The number of aliphatic imine (C=N–C) groups is 1. The first-order valence-corrected chi connectivity index (χ1v) is 13.0. The van der Waals surface area contributed by atoms with Gasteiger partial charge in [-0.25, -0.2) is 4.99 Å². The molecule has 0 spiro atoms. The normalized spacial score (nSPS) is 18.6. The van der Waals surface area contributed by atoms with E-state index in [0.29, 0.717) is 28.8 Å². The van der Waals surface area contributed by atoms with E-state index in [9.17, 15) is 18.0 Å². The number of hydrogen-bond donors (Lipinski definition) is 0. The van der Waals surface area contributed by atoms with Gasteiger partial charge in [0.15, 0.2) is 5.17 Å². The average molecular weight is 542 g/mol. The van der Waals surface area contributed by atoms with Gasteiger partial charge in [-0.2, -0.15) is 13.2 Å². The Morgan fingerprint density at radius 3 is 2.49 bits per heavy atom. The molecular formula is C27H22F3N3O2S2. The second-order valence-corrected chi connectivity index (χ2v) is 10.4. The van der Waals surface area contributed by atoms with E-state index in [2.05, 4.69) is 4.99 Å². The summed E-state index contributed by atoms with van der Waals surface area (Å²) in [5, 5.41) is 1.10. The van der Waals surface area contributed by atoms with E-state index in [0.717, 1.165) is 33.3 Å². The van der Waals surface area contributed by atoms with Crippen molar-refractivity contribution in [1.82, 2.24) is 4.90 Å². The first kappa shape index (κ1) is 25.3. The highest BCUT2D eigenvalue weighted by atomic mass is 32.2. The van der Waals surface area contributed by atoms with Crippen molar-refractivity contribution in [2.45, 2.75) is 17.5 Å². The lowest BCUT2D eigenvalue weighted by molar-refractivity contribution is -0.137. The molecular weight excluding hydrogens is 519 g/mol. The Hall–Kier alpha value is -3.37. The van der Waals surface area contributed by atoms with Gasteiger partial charge in [0.1, 0.15) is 10.7 Å². The molecule has 2 aliphatic rings. The number of amidine groups is 1. The van der Waals surface area contributed by atoms with Crippen molar-refractivity contribution >= 4 is 46.0 Å². The van der Waals surface area contributed by atoms with Crippen LogP contribution >= 0.6 is 23.5 Å². The molecule has 0 atom stereocenters. The Kier molecular flexibility index (Phi) is 6.96. The minimum atomic E-state index is -4.48. The molecule has 1 amide bonds. The average Bonchev–Trinajstić information content (AvgIpc) is 3.38. The second kappa shape index (κ2) is 10.2. The summed E-state index contributed by atoms with van der Waals surface area (Å²) < 4.78 is 45.2. The van der Waals surface area contributed by atoms with Gasteiger partial charge >= 0.3 is 6.18 Å². The topological polar surface area (TPSA) is 45.1 Å². The summed E-state index contributed by atoms with van der Waals surface area (Å²) in [6, 6.07) is 20.3. The van der Waals surface area contributed by atoms with Crippen LogP contribution in [0.5, 0.6) is 5.75 Å². The Labute approximate surface area is 221 Å². The maximum absolute atomic E-state index is 13.7. The summed E-state index contributed by atoms with van der Waals surface area (Å²) in [6.45, 7) is 0.347. The van der Waals surface area contributed by atoms with E-state index in [4.69, 9.17) is 4.74 Å². The summed E-state index contributed by atoms with van der Waals surface area (Å²) in [5.41, 5.74) is 1.32. The Morgan fingerprint density at radius 2 is 1.76 bits per heavy atom. The van der Waals surface area contributed by atoms with Crippen molar-refractivity contribution < 1.29 is 22.7 Å². The van der Waals surface area contributed by atoms with Crippen LogP contribution in [0.2, 0.25) is 0 Å². The van der Waals surface area contributed by atoms with Gasteiger partial charge in [0.25, 0.3) is 5.91 Å². The quantitative estimate of drug-likeness (QED) is 0.328. The highest BCUT2D eigenvalue weighted by Crippen LogP contribution is 2.51. The van der Waals surface area contributed by atoms with E-state index in [1.54, 1.807) is 12.0 Å².